The molecular weight excluding hydrogens is 346 g/mol. The fourth-order valence-corrected chi connectivity index (χ4v) is 2.76. The van der Waals surface area contributed by atoms with Gasteiger partial charge in [0.1, 0.15) is 11.5 Å². The maximum Gasteiger partial charge on any atom is 0.258 e. The van der Waals surface area contributed by atoms with Crippen LogP contribution in [0.4, 0.5) is 0 Å². The van der Waals surface area contributed by atoms with Crippen molar-refractivity contribution in [1.29, 1.82) is 0 Å². The van der Waals surface area contributed by atoms with E-state index in [0.717, 1.165) is 11.1 Å². The summed E-state index contributed by atoms with van der Waals surface area (Å²) in [6, 6.07) is 12.3. The van der Waals surface area contributed by atoms with E-state index in [1.807, 2.05) is 31.2 Å². The second-order valence-electron chi connectivity index (χ2n) is 6.21. The highest BCUT2D eigenvalue weighted by molar-refractivity contribution is 6.10. The molecule has 3 rings (SSSR count). The first-order valence-corrected chi connectivity index (χ1v) is 8.47. The molecule has 1 unspecified atom stereocenters. The van der Waals surface area contributed by atoms with Crippen LogP contribution in [0.5, 0.6) is 11.5 Å². The van der Waals surface area contributed by atoms with Crippen LogP contribution in [0.2, 0.25) is 0 Å². The SMILES string of the molecule is COc1cc(OC)cc(C(=O)NC2=NC(c3ccc(C)cc3)CC(=O)N2)c1. The van der Waals surface area contributed by atoms with Gasteiger partial charge in [0.15, 0.2) is 0 Å². The molecule has 1 aliphatic rings. The molecule has 0 fully saturated rings. The van der Waals surface area contributed by atoms with Gasteiger partial charge in [0.05, 0.1) is 26.7 Å². The van der Waals surface area contributed by atoms with E-state index < -0.39 is 5.91 Å². The Bertz CT molecular complexity index is 868. The van der Waals surface area contributed by atoms with E-state index in [-0.39, 0.29) is 24.3 Å². The van der Waals surface area contributed by atoms with E-state index in [2.05, 4.69) is 15.6 Å². The summed E-state index contributed by atoms with van der Waals surface area (Å²) in [6.07, 6.45) is 0.232. The van der Waals surface area contributed by atoms with Gasteiger partial charge in [-0.1, -0.05) is 29.8 Å². The molecule has 0 saturated heterocycles. The van der Waals surface area contributed by atoms with Crippen LogP contribution < -0.4 is 20.1 Å². The molecule has 2 amide bonds. The number of benzene rings is 2. The average Bonchev–Trinajstić information content (AvgIpc) is 2.67. The number of carbonyl (C=O) groups is 2. The van der Waals surface area contributed by atoms with Gasteiger partial charge in [-0.2, -0.15) is 0 Å². The summed E-state index contributed by atoms with van der Waals surface area (Å²) in [5.41, 5.74) is 2.38. The predicted octanol–water partition coefficient (Wildman–Crippen LogP) is 2.36. The van der Waals surface area contributed by atoms with Crippen LogP contribution in [0.25, 0.3) is 0 Å². The number of nitrogens with zero attached hydrogens (tertiary/aromatic N) is 1. The van der Waals surface area contributed by atoms with Gasteiger partial charge >= 0.3 is 0 Å². The lowest BCUT2D eigenvalue weighted by Gasteiger charge is -2.21. The lowest BCUT2D eigenvalue weighted by Crippen LogP contribution is -2.47. The third-order valence-corrected chi connectivity index (χ3v) is 4.23. The Morgan fingerprint density at radius 3 is 2.33 bits per heavy atom. The lowest BCUT2D eigenvalue weighted by molar-refractivity contribution is -0.120. The quantitative estimate of drug-likeness (QED) is 0.868. The Balaban J connectivity index is 1.82. The standard InChI is InChI=1S/C20H21N3O4/c1-12-4-6-13(7-5-12)17-11-18(24)22-20(21-17)23-19(25)14-8-15(26-2)10-16(9-14)27-3/h4-10,17H,11H2,1-3H3,(H2,21,22,23,24,25). The number of aliphatic imine (C=N–C) groups is 1. The maximum absolute atomic E-state index is 12.6. The zero-order valence-corrected chi connectivity index (χ0v) is 15.4. The third-order valence-electron chi connectivity index (χ3n) is 4.23. The van der Waals surface area contributed by atoms with Crippen molar-refractivity contribution in [3.63, 3.8) is 0 Å². The zero-order chi connectivity index (χ0) is 19.4. The minimum Gasteiger partial charge on any atom is -0.497 e. The van der Waals surface area contributed by atoms with Gasteiger partial charge in [0.25, 0.3) is 5.91 Å². The molecule has 7 heteroatoms. The lowest BCUT2D eigenvalue weighted by atomic mass is 10.0. The summed E-state index contributed by atoms with van der Waals surface area (Å²) >= 11 is 0. The van der Waals surface area contributed by atoms with Crippen LogP contribution in [0.1, 0.15) is 33.9 Å². The van der Waals surface area contributed by atoms with Crippen LogP contribution in [0, 0.1) is 6.92 Å². The monoisotopic (exact) mass is 367 g/mol. The number of methoxy groups -OCH3 is 2. The topological polar surface area (TPSA) is 89.0 Å². The summed E-state index contributed by atoms with van der Waals surface area (Å²) in [7, 11) is 3.02. The van der Waals surface area contributed by atoms with E-state index in [0.29, 0.717) is 17.1 Å². The minimum atomic E-state index is -0.421. The second kappa shape index (κ2) is 7.90. The number of nitrogens with one attached hydrogen (secondary N) is 2. The number of amides is 2. The number of ether oxygens (including phenoxy) is 2. The van der Waals surface area contributed by atoms with Crippen molar-refractivity contribution in [3.05, 3.63) is 59.2 Å². The fourth-order valence-electron chi connectivity index (χ4n) is 2.76. The minimum absolute atomic E-state index is 0.128. The molecular formula is C20H21N3O4. The van der Waals surface area contributed by atoms with Gasteiger partial charge in [-0.3, -0.25) is 20.2 Å². The number of carbonyl (C=O) groups excluding carboxylic acids is 2. The smallest absolute Gasteiger partial charge is 0.258 e. The molecule has 0 saturated carbocycles. The molecule has 7 nitrogen and oxygen atoms in total. The van der Waals surface area contributed by atoms with Crippen LogP contribution in [0.3, 0.4) is 0 Å². The van der Waals surface area contributed by atoms with Crippen molar-refractivity contribution in [2.45, 2.75) is 19.4 Å². The molecule has 1 aliphatic heterocycles. The van der Waals surface area contributed by atoms with Crippen LogP contribution in [-0.2, 0) is 4.79 Å². The largest absolute Gasteiger partial charge is 0.497 e. The van der Waals surface area contributed by atoms with Crippen molar-refractivity contribution in [1.82, 2.24) is 10.6 Å². The maximum atomic E-state index is 12.6. The Morgan fingerprint density at radius 2 is 1.74 bits per heavy atom. The highest BCUT2D eigenvalue weighted by atomic mass is 16.5. The molecule has 1 heterocycles. The summed E-state index contributed by atoms with van der Waals surface area (Å²) in [6.45, 7) is 1.99. The summed E-state index contributed by atoms with van der Waals surface area (Å²) < 4.78 is 10.4. The predicted molar refractivity (Wildman–Crippen MR) is 101 cm³/mol. The molecule has 0 aromatic heterocycles. The van der Waals surface area contributed by atoms with Crippen molar-refractivity contribution >= 4 is 17.8 Å². The Kier molecular flexibility index (Phi) is 5.40. The summed E-state index contributed by atoms with van der Waals surface area (Å²) in [4.78, 5) is 29.1. The number of aryl methyl sites for hydroxylation is 1. The Morgan fingerprint density at radius 1 is 1.11 bits per heavy atom. The highest BCUT2D eigenvalue weighted by Gasteiger charge is 2.24. The van der Waals surface area contributed by atoms with E-state index >= 15 is 0 Å². The Labute approximate surface area is 157 Å². The molecule has 1 atom stereocenters. The van der Waals surface area contributed by atoms with Crippen LogP contribution in [0.15, 0.2) is 47.5 Å². The molecule has 27 heavy (non-hydrogen) atoms. The molecule has 2 N–H and O–H groups in total. The second-order valence-corrected chi connectivity index (χ2v) is 6.21. The van der Waals surface area contributed by atoms with Gasteiger partial charge in [-0.05, 0) is 24.6 Å². The molecule has 0 aliphatic carbocycles. The van der Waals surface area contributed by atoms with E-state index in [9.17, 15) is 9.59 Å². The normalized spacial score (nSPS) is 16.2. The van der Waals surface area contributed by atoms with Gasteiger partial charge < -0.3 is 9.47 Å². The fraction of sp³-hybridized carbons (Fsp3) is 0.250. The van der Waals surface area contributed by atoms with E-state index in [1.165, 1.54) is 14.2 Å². The number of hydrogen-bond donors (Lipinski definition) is 2. The van der Waals surface area contributed by atoms with Crippen LogP contribution in [-0.4, -0.2) is 32.0 Å². The van der Waals surface area contributed by atoms with Gasteiger partial charge in [0, 0.05) is 11.6 Å². The Hall–Kier alpha value is -3.35. The van der Waals surface area contributed by atoms with Crippen molar-refractivity contribution < 1.29 is 19.1 Å². The molecule has 0 spiro atoms. The highest BCUT2D eigenvalue weighted by Crippen LogP contribution is 2.25. The first-order chi connectivity index (χ1) is 13.0. The molecule has 2 aromatic rings. The van der Waals surface area contributed by atoms with E-state index in [4.69, 9.17) is 9.47 Å². The zero-order valence-electron chi connectivity index (χ0n) is 15.4. The van der Waals surface area contributed by atoms with Crippen molar-refractivity contribution in [2.24, 2.45) is 4.99 Å². The number of rotatable bonds is 4. The van der Waals surface area contributed by atoms with Crippen LogP contribution >= 0.6 is 0 Å². The first kappa shape index (κ1) is 18.4. The van der Waals surface area contributed by atoms with Gasteiger partial charge in [-0.15, -0.1) is 0 Å². The van der Waals surface area contributed by atoms with Gasteiger partial charge in [-0.25, -0.2) is 4.99 Å². The van der Waals surface area contributed by atoms with Crippen molar-refractivity contribution in [3.8, 4) is 11.5 Å². The molecule has 0 bridgehead atoms. The summed E-state index contributed by atoms with van der Waals surface area (Å²) in [5, 5.41) is 5.25. The number of guanidine groups is 1. The first-order valence-electron chi connectivity index (χ1n) is 8.47. The molecule has 2 aromatic carbocycles. The number of hydrogen-bond acceptors (Lipinski definition) is 5. The third kappa shape index (κ3) is 4.44. The summed E-state index contributed by atoms with van der Waals surface area (Å²) in [5.74, 6) is 0.492. The molecule has 0 radical (unpaired) electrons. The average molecular weight is 367 g/mol. The van der Waals surface area contributed by atoms with Gasteiger partial charge in [0.2, 0.25) is 11.9 Å². The van der Waals surface area contributed by atoms with E-state index in [1.54, 1.807) is 18.2 Å². The van der Waals surface area contributed by atoms with Crippen molar-refractivity contribution in [2.75, 3.05) is 14.2 Å². The molecule has 140 valence electrons.